The number of benzene rings is 1. The summed E-state index contributed by atoms with van der Waals surface area (Å²) in [5.41, 5.74) is 8.83. The quantitative estimate of drug-likeness (QED) is 0.637. The van der Waals surface area contributed by atoms with Gasteiger partial charge in [-0.1, -0.05) is 19.4 Å². The highest BCUT2D eigenvalue weighted by molar-refractivity contribution is 5.94. The SMILES string of the molecule is CCCCNC(=O)N1CCCc2c(N)cccc21. The van der Waals surface area contributed by atoms with Gasteiger partial charge >= 0.3 is 6.03 Å². The highest BCUT2D eigenvalue weighted by Crippen LogP contribution is 2.31. The van der Waals surface area contributed by atoms with Crippen LogP contribution >= 0.6 is 0 Å². The van der Waals surface area contributed by atoms with Crippen LogP contribution in [-0.4, -0.2) is 19.1 Å². The molecular formula is C14H21N3O. The molecule has 0 aliphatic carbocycles. The van der Waals surface area contributed by atoms with Crippen LogP contribution in [0, 0.1) is 0 Å². The zero-order chi connectivity index (χ0) is 13.0. The molecule has 18 heavy (non-hydrogen) atoms. The molecule has 0 unspecified atom stereocenters. The summed E-state index contributed by atoms with van der Waals surface area (Å²) >= 11 is 0. The summed E-state index contributed by atoms with van der Waals surface area (Å²) in [6.45, 7) is 3.63. The van der Waals surface area contributed by atoms with Crippen molar-refractivity contribution in [3.05, 3.63) is 23.8 Å². The van der Waals surface area contributed by atoms with Crippen molar-refractivity contribution in [1.29, 1.82) is 0 Å². The largest absolute Gasteiger partial charge is 0.398 e. The van der Waals surface area contributed by atoms with E-state index < -0.39 is 0 Å². The fourth-order valence-corrected chi connectivity index (χ4v) is 2.33. The Balaban J connectivity index is 2.12. The average Bonchev–Trinajstić information content (AvgIpc) is 2.39. The first-order chi connectivity index (χ1) is 8.74. The predicted molar refractivity (Wildman–Crippen MR) is 74.8 cm³/mol. The van der Waals surface area contributed by atoms with E-state index in [1.165, 1.54) is 0 Å². The molecule has 1 aliphatic heterocycles. The number of rotatable bonds is 3. The third-order valence-corrected chi connectivity index (χ3v) is 3.34. The zero-order valence-electron chi connectivity index (χ0n) is 10.9. The van der Waals surface area contributed by atoms with Gasteiger partial charge < -0.3 is 11.1 Å². The molecule has 4 heteroatoms. The second-order valence-corrected chi connectivity index (χ2v) is 4.69. The summed E-state index contributed by atoms with van der Waals surface area (Å²) in [6.07, 6.45) is 4.04. The lowest BCUT2D eigenvalue weighted by atomic mass is 10.0. The number of hydrogen-bond acceptors (Lipinski definition) is 2. The molecule has 1 aromatic rings. The fraction of sp³-hybridized carbons (Fsp3) is 0.500. The second kappa shape index (κ2) is 5.76. The standard InChI is InChI=1S/C14H21N3O/c1-2-3-9-16-14(18)17-10-5-6-11-12(15)7-4-8-13(11)17/h4,7-8H,2-3,5-6,9-10,15H2,1H3,(H,16,18). The van der Waals surface area contributed by atoms with Crippen LogP contribution in [0.2, 0.25) is 0 Å². The minimum absolute atomic E-state index is 0.00463. The van der Waals surface area contributed by atoms with Crippen molar-refractivity contribution in [3.63, 3.8) is 0 Å². The minimum atomic E-state index is -0.00463. The Bertz CT molecular complexity index is 431. The third kappa shape index (κ3) is 2.58. The smallest absolute Gasteiger partial charge is 0.321 e. The van der Waals surface area contributed by atoms with Crippen LogP contribution in [0.3, 0.4) is 0 Å². The van der Waals surface area contributed by atoms with Gasteiger partial charge in [-0.05, 0) is 37.0 Å². The lowest BCUT2D eigenvalue weighted by Crippen LogP contribution is -2.43. The van der Waals surface area contributed by atoms with Crippen molar-refractivity contribution >= 4 is 17.4 Å². The molecule has 1 heterocycles. The van der Waals surface area contributed by atoms with Crippen molar-refractivity contribution in [2.24, 2.45) is 0 Å². The van der Waals surface area contributed by atoms with Gasteiger partial charge in [0.15, 0.2) is 0 Å². The van der Waals surface area contributed by atoms with Crippen LogP contribution in [0.5, 0.6) is 0 Å². The molecule has 0 spiro atoms. The van der Waals surface area contributed by atoms with Gasteiger partial charge in [0.2, 0.25) is 0 Å². The van der Waals surface area contributed by atoms with E-state index in [0.29, 0.717) is 0 Å². The monoisotopic (exact) mass is 247 g/mol. The minimum Gasteiger partial charge on any atom is -0.398 e. The van der Waals surface area contributed by atoms with Gasteiger partial charge in [0.25, 0.3) is 0 Å². The Kier molecular flexibility index (Phi) is 4.07. The average molecular weight is 247 g/mol. The maximum absolute atomic E-state index is 12.1. The van der Waals surface area contributed by atoms with Crippen molar-refractivity contribution in [3.8, 4) is 0 Å². The Hall–Kier alpha value is -1.71. The van der Waals surface area contributed by atoms with Crippen LogP contribution in [0.15, 0.2) is 18.2 Å². The molecule has 0 fully saturated rings. The van der Waals surface area contributed by atoms with Crippen molar-refractivity contribution in [2.45, 2.75) is 32.6 Å². The van der Waals surface area contributed by atoms with Crippen LogP contribution in [-0.2, 0) is 6.42 Å². The molecule has 1 aliphatic rings. The van der Waals surface area contributed by atoms with Crippen LogP contribution in [0.1, 0.15) is 31.7 Å². The number of amides is 2. The fourth-order valence-electron chi connectivity index (χ4n) is 2.33. The van der Waals surface area contributed by atoms with Gasteiger partial charge in [-0.15, -0.1) is 0 Å². The number of carbonyl (C=O) groups is 1. The number of nitrogens with one attached hydrogen (secondary N) is 1. The summed E-state index contributed by atoms with van der Waals surface area (Å²) in [5, 5.41) is 2.96. The molecule has 2 amide bonds. The highest BCUT2D eigenvalue weighted by atomic mass is 16.2. The lowest BCUT2D eigenvalue weighted by molar-refractivity contribution is 0.245. The van der Waals surface area contributed by atoms with Gasteiger partial charge in [0, 0.05) is 18.8 Å². The Labute approximate surface area is 108 Å². The number of nitrogens with zero attached hydrogens (tertiary/aromatic N) is 1. The maximum Gasteiger partial charge on any atom is 0.321 e. The van der Waals surface area contributed by atoms with Gasteiger partial charge in [0.1, 0.15) is 0 Å². The number of anilines is 2. The normalized spacial score (nSPS) is 14.2. The van der Waals surface area contributed by atoms with E-state index in [-0.39, 0.29) is 6.03 Å². The Morgan fingerprint density at radius 1 is 1.50 bits per heavy atom. The molecule has 0 saturated carbocycles. The number of nitrogens with two attached hydrogens (primary N) is 1. The molecule has 4 nitrogen and oxygen atoms in total. The van der Waals surface area contributed by atoms with Crippen LogP contribution in [0.25, 0.3) is 0 Å². The van der Waals surface area contributed by atoms with Crippen molar-refractivity contribution in [1.82, 2.24) is 5.32 Å². The number of urea groups is 1. The second-order valence-electron chi connectivity index (χ2n) is 4.69. The van der Waals surface area contributed by atoms with Crippen molar-refractivity contribution in [2.75, 3.05) is 23.7 Å². The van der Waals surface area contributed by atoms with E-state index >= 15 is 0 Å². The summed E-state index contributed by atoms with van der Waals surface area (Å²) in [4.78, 5) is 13.9. The summed E-state index contributed by atoms with van der Waals surface area (Å²) in [7, 11) is 0. The first-order valence-electron chi connectivity index (χ1n) is 6.66. The number of nitrogen functional groups attached to an aromatic ring is 1. The molecule has 0 aromatic heterocycles. The number of carbonyl (C=O) groups excluding carboxylic acids is 1. The molecule has 98 valence electrons. The lowest BCUT2D eigenvalue weighted by Gasteiger charge is -2.30. The number of unbranched alkanes of at least 4 members (excludes halogenated alkanes) is 1. The predicted octanol–water partition coefficient (Wildman–Crippen LogP) is 2.53. The molecule has 3 N–H and O–H groups in total. The number of fused-ring (bicyclic) bond motifs is 1. The van der Waals surface area contributed by atoms with Gasteiger partial charge in [-0.3, -0.25) is 4.90 Å². The zero-order valence-corrected chi connectivity index (χ0v) is 10.9. The third-order valence-electron chi connectivity index (χ3n) is 3.34. The molecule has 0 radical (unpaired) electrons. The van der Waals surface area contributed by atoms with E-state index in [2.05, 4.69) is 12.2 Å². The van der Waals surface area contributed by atoms with E-state index in [0.717, 1.165) is 55.7 Å². The first-order valence-corrected chi connectivity index (χ1v) is 6.66. The van der Waals surface area contributed by atoms with E-state index in [1.807, 2.05) is 23.1 Å². The van der Waals surface area contributed by atoms with Crippen LogP contribution in [0.4, 0.5) is 16.2 Å². The van der Waals surface area contributed by atoms with E-state index in [4.69, 9.17) is 5.73 Å². The maximum atomic E-state index is 12.1. The van der Waals surface area contributed by atoms with E-state index in [9.17, 15) is 4.79 Å². The molecule has 0 saturated heterocycles. The van der Waals surface area contributed by atoms with Gasteiger partial charge in [0.05, 0.1) is 5.69 Å². The summed E-state index contributed by atoms with van der Waals surface area (Å²) < 4.78 is 0. The first kappa shape index (κ1) is 12.7. The highest BCUT2D eigenvalue weighted by Gasteiger charge is 2.23. The van der Waals surface area contributed by atoms with Crippen molar-refractivity contribution < 1.29 is 4.79 Å². The molecular weight excluding hydrogens is 226 g/mol. The molecule has 0 atom stereocenters. The van der Waals surface area contributed by atoms with E-state index in [1.54, 1.807) is 0 Å². The number of hydrogen-bond donors (Lipinski definition) is 2. The summed E-state index contributed by atoms with van der Waals surface area (Å²) in [5.74, 6) is 0. The summed E-state index contributed by atoms with van der Waals surface area (Å²) in [6, 6.07) is 5.78. The Morgan fingerprint density at radius 2 is 2.33 bits per heavy atom. The topological polar surface area (TPSA) is 58.4 Å². The molecule has 2 rings (SSSR count). The molecule has 1 aromatic carbocycles. The molecule has 0 bridgehead atoms. The van der Waals surface area contributed by atoms with Crippen LogP contribution < -0.4 is 16.0 Å². The van der Waals surface area contributed by atoms with Gasteiger partial charge in [-0.25, -0.2) is 4.79 Å². The van der Waals surface area contributed by atoms with Gasteiger partial charge in [-0.2, -0.15) is 0 Å². The Morgan fingerprint density at radius 3 is 3.11 bits per heavy atom.